The van der Waals surface area contributed by atoms with E-state index >= 15 is 0 Å². The monoisotopic (exact) mass is 422 g/mol. The van der Waals surface area contributed by atoms with Crippen LogP contribution < -0.4 is 10.5 Å². The number of ether oxygens (including phenoxy) is 3. The molecule has 3 unspecified atom stereocenters. The Labute approximate surface area is 171 Å². The van der Waals surface area contributed by atoms with Crippen molar-refractivity contribution in [3.05, 3.63) is 29.8 Å². The molecule has 30 heavy (non-hydrogen) atoms. The van der Waals surface area contributed by atoms with Crippen molar-refractivity contribution in [3.63, 3.8) is 0 Å². The number of hydrogen-bond donors (Lipinski definition) is 1. The van der Waals surface area contributed by atoms with Crippen molar-refractivity contribution in [1.29, 1.82) is 10.5 Å². The molecule has 3 atom stereocenters. The van der Waals surface area contributed by atoms with Crippen molar-refractivity contribution in [1.82, 2.24) is 0 Å². The predicted octanol–water partition coefficient (Wildman–Crippen LogP) is 3.58. The maximum absolute atomic E-state index is 12.4. The fourth-order valence-electron chi connectivity index (χ4n) is 4.20. The SMILES string of the molecule is CCCOC1(OCCC)N=C(N)C2(C#N)C(c3ccc(OC(F)(F)F)cc3)C12C#N. The molecule has 3 rings (SSSR count). The number of hydrogen-bond acceptors (Lipinski definition) is 7. The first-order chi connectivity index (χ1) is 14.2. The van der Waals surface area contributed by atoms with Crippen LogP contribution in [0.25, 0.3) is 0 Å². The number of nitrogens with two attached hydrogens (primary N) is 1. The maximum atomic E-state index is 12.4. The molecule has 2 aliphatic rings. The van der Waals surface area contributed by atoms with E-state index in [0.717, 1.165) is 12.1 Å². The Morgan fingerprint density at radius 3 is 2.07 bits per heavy atom. The summed E-state index contributed by atoms with van der Waals surface area (Å²) in [6.45, 7) is 4.18. The van der Waals surface area contributed by atoms with Gasteiger partial charge < -0.3 is 19.9 Å². The number of halogens is 3. The zero-order valence-corrected chi connectivity index (χ0v) is 16.5. The number of rotatable bonds is 8. The molecular weight excluding hydrogens is 401 g/mol. The molecule has 1 aliphatic heterocycles. The summed E-state index contributed by atoms with van der Waals surface area (Å²) in [6, 6.07) is 9.29. The van der Waals surface area contributed by atoms with Gasteiger partial charge in [0.05, 0.1) is 25.4 Å². The summed E-state index contributed by atoms with van der Waals surface area (Å²) in [5.74, 6) is -3.05. The highest BCUT2D eigenvalue weighted by molar-refractivity contribution is 6.00. The molecule has 160 valence electrons. The van der Waals surface area contributed by atoms with E-state index in [9.17, 15) is 23.7 Å². The average Bonchev–Trinajstić information content (AvgIpc) is 3.28. The molecule has 1 aromatic rings. The lowest BCUT2D eigenvalue weighted by atomic mass is 9.93. The van der Waals surface area contributed by atoms with E-state index < -0.39 is 34.8 Å². The van der Waals surface area contributed by atoms with Crippen LogP contribution in [-0.4, -0.2) is 31.3 Å². The smallest absolute Gasteiger partial charge is 0.406 e. The Bertz CT molecular complexity index is 911. The highest BCUT2D eigenvalue weighted by atomic mass is 19.4. The van der Waals surface area contributed by atoms with Crippen LogP contribution in [0.2, 0.25) is 0 Å². The predicted molar refractivity (Wildman–Crippen MR) is 98.8 cm³/mol. The van der Waals surface area contributed by atoms with Gasteiger partial charge in [-0.2, -0.15) is 10.5 Å². The minimum atomic E-state index is -4.83. The largest absolute Gasteiger partial charge is 0.573 e. The van der Waals surface area contributed by atoms with Gasteiger partial charge in [-0.25, -0.2) is 4.99 Å². The number of nitriles is 2. The molecule has 0 amide bonds. The summed E-state index contributed by atoms with van der Waals surface area (Å²) in [6.07, 6.45) is -3.60. The van der Waals surface area contributed by atoms with Gasteiger partial charge in [0.15, 0.2) is 5.41 Å². The van der Waals surface area contributed by atoms with Gasteiger partial charge in [0.25, 0.3) is 5.91 Å². The van der Waals surface area contributed by atoms with E-state index in [0.29, 0.717) is 18.4 Å². The highest BCUT2D eigenvalue weighted by Crippen LogP contribution is 2.82. The molecule has 0 saturated heterocycles. The lowest BCUT2D eigenvalue weighted by molar-refractivity contribution is -0.274. The lowest BCUT2D eigenvalue weighted by Gasteiger charge is -2.32. The Balaban J connectivity index is 2.06. The normalized spacial score (nSPS) is 28.8. The molecular formula is C20H21F3N4O3. The third-order valence-electron chi connectivity index (χ3n) is 5.38. The Morgan fingerprint density at radius 2 is 1.63 bits per heavy atom. The summed E-state index contributed by atoms with van der Waals surface area (Å²) in [7, 11) is 0. The second-order valence-corrected chi connectivity index (χ2v) is 7.17. The van der Waals surface area contributed by atoms with Crippen molar-refractivity contribution >= 4 is 5.84 Å². The van der Waals surface area contributed by atoms with Crippen molar-refractivity contribution < 1.29 is 27.4 Å². The molecule has 10 heteroatoms. The van der Waals surface area contributed by atoms with Crippen LogP contribution >= 0.6 is 0 Å². The quantitative estimate of drug-likeness (QED) is 0.641. The molecule has 1 aliphatic carbocycles. The molecule has 0 spiro atoms. The van der Waals surface area contributed by atoms with Crippen molar-refractivity contribution in [3.8, 4) is 17.9 Å². The lowest BCUT2D eigenvalue weighted by Crippen LogP contribution is -2.44. The van der Waals surface area contributed by atoms with Gasteiger partial charge in [-0.1, -0.05) is 26.0 Å². The van der Waals surface area contributed by atoms with Gasteiger partial charge in [0.2, 0.25) is 0 Å². The zero-order chi connectivity index (χ0) is 22.2. The molecule has 1 aromatic carbocycles. The Morgan fingerprint density at radius 1 is 1.07 bits per heavy atom. The maximum Gasteiger partial charge on any atom is 0.573 e. The Kier molecular flexibility index (Phi) is 5.44. The summed E-state index contributed by atoms with van der Waals surface area (Å²) < 4.78 is 53.0. The van der Waals surface area contributed by atoms with Crippen molar-refractivity contribution in [2.45, 2.75) is 44.9 Å². The van der Waals surface area contributed by atoms with Gasteiger partial charge in [0, 0.05) is 5.92 Å². The molecule has 1 fully saturated rings. The second-order valence-electron chi connectivity index (χ2n) is 7.17. The van der Waals surface area contributed by atoms with Crippen LogP contribution in [0, 0.1) is 33.5 Å². The van der Waals surface area contributed by atoms with Crippen molar-refractivity contribution in [2.75, 3.05) is 13.2 Å². The number of fused-ring (bicyclic) bond motifs is 1. The minimum Gasteiger partial charge on any atom is -0.406 e. The fourth-order valence-corrected chi connectivity index (χ4v) is 4.20. The van der Waals surface area contributed by atoms with Gasteiger partial charge in [-0.3, -0.25) is 0 Å². The number of benzene rings is 1. The first-order valence-corrected chi connectivity index (χ1v) is 9.50. The van der Waals surface area contributed by atoms with Crippen LogP contribution in [0.3, 0.4) is 0 Å². The van der Waals surface area contributed by atoms with Crippen LogP contribution in [0.4, 0.5) is 13.2 Å². The molecule has 0 bridgehead atoms. The molecule has 7 nitrogen and oxygen atoms in total. The number of alkyl halides is 3. The summed E-state index contributed by atoms with van der Waals surface area (Å²) in [5, 5.41) is 20.2. The zero-order valence-electron chi connectivity index (χ0n) is 16.5. The number of nitrogens with zero attached hydrogens (tertiary/aromatic N) is 3. The molecule has 1 heterocycles. The van der Waals surface area contributed by atoms with E-state index in [1.54, 1.807) is 0 Å². The van der Waals surface area contributed by atoms with Gasteiger partial charge >= 0.3 is 6.36 Å². The first kappa shape index (κ1) is 21.9. The van der Waals surface area contributed by atoms with Crippen LogP contribution in [0.15, 0.2) is 29.3 Å². The molecule has 1 saturated carbocycles. The van der Waals surface area contributed by atoms with E-state index in [1.165, 1.54) is 12.1 Å². The van der Waals surface area contributed by atoms with Gasteiger partial charge in [-0.15, -0.1) is 13.2 Å². The standard InChI is InChI=1S/C20H21F3N4O3/c1-3-9-28-19(29-10-4-2)18(12-25)15(17(18,11-24)16(26)27-19)13-5-7-14(8-6-13)30-20(21,22)23/h5-8,15H,3-4,9-10H2,1-2H3,(H2,26,27). The minimum absolute atomic E-state index is 0.0839. The third kappa shape index (κ3) is 2.91. The van der Waals surface area contributed by atoms with Crippen LogP contribution in [0.1, 0.15) is 38.2 Å². The van der Waals surface area contributed by atoms with Crippen LogP contribution in [-0.2, 0) is 9.47 Å². The van der Waals surface area contributed by atoms with Crippen LogP contribution in [0.5, 0.6) is 5.75 Å². The topological polar surface area (TPSA) is 114 Å². The van der Waals surface area contributed by atoms with Gasteiger partial charge in [-0.05, 0) is 30.5 Å². The number of aliphatic imine (C=N–C) groups is 1. The van der Waals surface area contributed by atoms with E-state index in [4.69, 9.17) is 15.2 Å². The summed E-state index contributed by atoms with van der Waals surface area (Å²) in [4.78, 5) is 4.29. The van der Waals surface area contributed by atoms with Crippen molar-refractivity contribution in [2.24, 2.45) is 21.6 Å². The fraction of sp³-hybridized carbons (Fsp3) is 0.550. The molecule has 0 radical (unpaired) electrons. The third-order valence-corrected chi connectivity index (χ3v) is 5.38. The second kappa shape index (κ2) is 7.46. The number of amidine groups is 1. The summed E-state index contributed by atoms with van der Waals surface area (Å²) in [5.41, 5.74) is 3.50. The van der Waals surface area contributed by atoms with Gasteiger partial charge in [0.1, 0.15) is 17.0 Å². The average molecular weight is 422 g/mol. The molecule has 2 N–H and O–H groups in total. The van der Waals surface area contributed by atoms with E-state index in [-0.39, 0.29) is 19.0 Å². The van der Waals surface area contributed by atoms with E-state index in [1.807, 2.05) is 13.8 Å². The summed E-state index contributed by atoms with van der Waals surface area (Å²) >= 11 is 0. The Hall–Kier alpha value is -2.82. The highest BCUT2D eigenvalue weighted by Gasteiger charge is 2.93. The first-order valence-electron chi connectivity index (χ1n) is 9.50. The van der Waals surface area contributed by atoms with E-state index in [2.05, 4.69) is 21.9 Å². The molecule has 0 aromatic heterocycles.